The van der Waals surface area contributed by atoms with Gasteiger partial charge in [-0.1, -0.05) is 37.2 Å². The zero-order valence-electron chi connectivity index (χ0n) is 12.9. The van der Waals surface area contributed by atoms with Crippen molar-refractivity contribution in [3.05, 3.63) is 41.5 Å². The summed E-state index contributed by atoms with van der Waals surface area (Å²) in [5.41, 5.74) is 1.14. The second-order valence-electron chi connectivity index (χ2n) is 4.96. The highest BCUT2D eigenvalue weighted by Crippen LogP contribution is 2.25. The Labute approximate surface area is 125 Å². The Balaban J connectivity index is 2.02. The van der Waals surface area contributed by atoms with Crippen LogP contribution in [0.4, 0.5) is 0 Å². The summed E-state index contributed by atoms with van der Waals surface area (Å²) in [6.07, 6.45) is 1.87. The van der Waals surface area contributed by atoms with Gasteiger partial charge in [0.05, 0.1) is 0 Å². The van der Waals surface area contributed by atoms with Crippen molar-refractivity contribution in [3.63, 3.8) is 0 Å². The van der Waals surface area contributed by atoms with Crippen LogP contribution in [0.15, 0.2) is 28.8 Å². The maximum absolute atomic E-state index is 5.85. The first-order chi connectivity index (χ1) is 10.2. The summed E-state index contributed by atoms with van der Waals surface area (Å²) < 4.78 is 11.0. The van der Waals surface area contributed by atoms with Crippen molar-refractivity contribution >= 4 is 0 Å². The molecule has 0 spiro atoms. The zero-order valence-corrected chi connectivity index (χ0v) is 12.9. The molecular formula is C16H23N3O2. The molecule has 0 fully saturated rings. The van der Waals surface area contributed by atoms with Crippen LogP contribution in [0, 0.1) is 0 Å². The summed E-state index contributed by atoms with van der Waals surface area (Å²) in [7, 11) is 0. The Morgan fingerprint density at radius 3 is 2.81 bits per heavy atom. The van der Waals surface area contributed by atoms with Gasteiger partial charge in [-0.05, 0) is 26.0 Å². The highest BCUT2D eigenvalue weighted by Gasteiger charge is 2.12. The molecule has 1 atom stereocenters. The van der Waals surface area contributed by atoms with Crippen LogP contribution in [0.1, 0.15) is 50.5 Å². The van der Waals surface area contributed by atoms with Crippen LogP contribution in [-0.2, 0) is 13.0 Å². The number of aromatic nitrogens is 2. The molecule has 1 unspecified atom stereocenters. The SMILES string of the molecule is CCCNC(C)c1ccccc1OCc1nc(CC)no1. The van der Waals surface area contributed by atoms with E-state index in [-0.39, 0.29) is 6.04 Å². The average molecular weight is 289 g/mol. The summed E-state index contributed by atoms with van der Waals surface area (Å²) in [6, 6.07) is 8.28. The number of nitrogens with zero attached hydrogens (tertiary/aromatic N) is 2. The van der Waals surface area contributed by atoms with E-state index in [0.717, 1.165) is 30.7 Å². The third-order valence-corrected chi connectivity index (χ3v) is 3.26. The van der Waals surface area contributed by atoms with Gasteiger partial charge in [-0.2, -0.15) is 4.98 Å². The van der Waals surface area contributed by atoms with E-state index >= 15 is 0 Å². The van der Waals surface area contributed by atoms with Crippen molar-refractivity contribution in [3.8, 4) is 5.75 Å². The van der Waals surface area contributed by atoms with Gasteiger partial charge in [0, 0.05) is 18.0 Å². The maximum Gasteiger partial charge on any atom is 0.264 e. The number of ether oxygens (including phenoxy) is 1. The first-order valence-electron chi connectivity index (χ1n) is 7.51. The number of benzene rings is 1. The topological polar surface area (TPSA) is 60.2 Å². The molecule has 1 aromatic carbocycles. The molecule has 1 heterocycles. The molecule has 0 saturated heterocycles. The van der Waals surface area contributed by atoms with Crippen LogP contribution < -0.4 is 10.1 Å². The molecule has 1 aromatic heterocycles. The lowest BCUT2D eigenvalue weighted by Crippen LogP contribution is -2.20. The molecule has 0 saturated carbocycles. The van der Waals surface area contributed by atoms with Crippen molar-refractivity contribution in [2.24, 2.45) is 0 Å². The fraction of sp³-hybridized carbons (Fsp3) is 0.500. The second-order valence-corrected chi connectivity index (χ2v) is 4.96. The van der Waals surface area contributed by atoms with Gasteiger partial charge in [-0.25, -0.2) is 0 Å². The van der Waals surface area contributed by atoms with Crippen molar-refractivity contribution in [2.45, 2.75) is 46.3 Å². The number of hydrogen-bond donors (Lipinski definition) is 1. The van der Waals surface area contributed by atoms with E-state index in [1.165, 1.54) is 0 Å². The molecule has 0 aliphatic heterocycles. The number of rotatable bonds is 8. The van der Waals surface area contributed by atoms with E-state index in [1.807, 2.05) is 25.1 Å². The van der Waals surface area contributed by atoms with Gasteiger partial charge in [0.25, 0.3) is 5.89 Å². The van der Waals surface area contributed by atoms with Gasteiger partial charge in [0.15, 0.2) is 12.4 Å². The van der Waals surface area contributed by atoms with E-state index in [2.05, 4.69) is 35.4 Å². The third kappa shape index (κ3) is 4.29. The summed E-state index contributed by atoms with van der Waals surface area (Å²) in [5.74, 6) is 2.07. The normalized spacial score (nSPS) is 12.3. The molecule has 0 amide bonds. The molecule has 21 heavy (non-hydrogen) atoms. The molecule has 0 radical (unpaired) electrons. The summed E-state index contributed by atoms with van der Waals surface area (Å²) >= 11 is 0. The smallest absolute Gasteiger partial charge is 0.264 e. The summed E-state index contributed by atoms with van der Waals surface area (Å²) in [5, 5.41) is 7.34. The molecule has 0 bridgehead atoms. The van der Waals surface area contributed by atoms with Gasteiger partial charge < -0.3 is 14.6 Å². The molecule has 5 nitrogen and oxygen atoms in total. The molecule has 2 aromatic rings. The van der Waals surface area contributed by atoms with Crippen molar-refractivity contribution in [1.82, 2.24) is 15.5 Å². The van der Waals surface area contributed by atoms with Crippen LogP contribution in [0.5, 0.6) is 5.75 Å². The van der Waals surface area contributed by atoms with Crippen LogP contribution in [0.25, 0.3) is 0 Å². The van der Waals surface area contributed by atoms with Gasteiger partial charge in [0.2, 0.25) is 0 Å². The van der Waals surface area contributed by atoms with Crippen molar-refractivity contribution in [1.29, 1.82) is 0 Å². The van der Waals surface area contributed by atoms with E-state index in [1.54, 1.807) is 0 Å². The minimum absolute atomic E-state index is 0.245. The lowest BCUT2D eigenvalue weighted by atomic mass is 10.1. The Morgan fingerprint density at radius 1 is 1.29 bits per heavy atom. The lowest BCUT2D eigenvalue weighted by Gasteiger charge is -2.17. The Morgan fingerprint density at radius 2 is 2.10 bits per heavy atom. The van der Waals surface area contributed by atoms with E-state index in [0.29, 0.717) is 18.3 Å². The lowest BCUT2D eigenvalue weighted by molar-refractivity contribution is 0.239. The van der Waals surface area contributed by atoms with Gasteiger partial charge in [-0.3, -0.25) is 0 Å². The fourth-order valence-corrected chi connectivity index (χ4v) is 2.07. The fourth-order valence-electron chi connectivity index (χ4n) is 2.07. The predicted molar refractivity (Wildman–Crippen MR) is 81.2 cm³/mol. The molecule has 2 rings (SSSR count). The molecular weight excluding hydrogens is 266 g/mol. The number of para-hydroxylation sites is 1. The monoisotopic (exact) mass is 289 g/mol. The molecule has 114 valence electrons. The average Bonchev–Trinajstić information content (AvgIpc) is 2.99. The standard InChI is InChI=1S/C16H23N3O2/c1-4-10-17-12(3)13-8-6-7-9-14(13)20-11-16-18-15(5-2)19-21-16/h6-9,12,17H,4-5,10-11H2,1-3H3. The van der Waals surface area contributed by atoms with E-state index in [4.69, 9.17) is 9.26 Å². The summed E-state index contributed by atoms with van der Waals surface area (Å²) in [4.78, 5) is 4.25. The van der Waals surface area contributed by atoms with Gasteiger partial charge in [0.1, 0.15) is 5.75 Å². The van der Waals surface area contributed by atoms with Crippen LogP contribution >= 0.6 is 0 Å². The van der Waals surface area contributed by atoms with Crippen molar-refractivity contribution < 1.29 is 9.26 Å². The number of hydrogen-bond acceptors (Lipinski definition) is 5. The van der Waals surface area contributed by atoms with Crippen LogP contribution in [-0.4, -0.2) is 16.7 Å². The summed E-state index contributed by atoms with van der Waals surface area (Å²) in [6.45, 7) is 7.57. The largest absolute Gasteiger partial charge is 0.483 e. The second kappa shape index (κ2) is 7.78. The zero-order chi connectivity index (χ0) is 15.1. The van der Waals surface area contributed by atoms with Crippen LogP contribution in [0.3, 0.4) is 0 Å². The number of nitrogens with one attached hydrogen (secondary N) is 1. The molecule has 0 aliphatic rings. The minimum atomic E-state index is 0.245. The molecule has 1 N–H and O–H groups in total. The highest BCUT2D eigenvalue weighted by molar-refractivity contribution is 5.35. The first-order valence-corrected chi connectivity index (χ1v) is 7.51. The van der Waals surface area contributed by atoms with Gasteiger partial charge >= 0.3 is 0 Å². The number of aryl methyl sites for hydroxylation is 1. The first kappa shape index (κ1) is 15.5. The molecule has 5 heteroatoms. The Kier molecular flexibility index (Phi) is 5.75. The van der Waals surface area contributed by atoms with E-state index in [9.17, 15) is 0 Å². The predicted octanol–water partition coefficient (Wildman–Crippen LogP) is 3.27. The minimum Gasteiger partial charge on any atom is -0.483 e. The third-order valence-electron chi connectivity index (χ3n) is 3.26. The van der Waals surface area contributed by atoms with Crippen molar-refractivity contribution in [2.75, 3.05) is 6.54 Å². The van der Waals surface area contributed by atoms with E-state index < -0.39 is 0 Å². The Hall–Kier alpha value is -1.88. The molecule has 0 aliphatic carbocycles. The van der Waals surface area contributed by atoms with Gasteiger partial charge in [-0.15, -0.1) is 0 Å². The Bertz CT molecular complexity index is 554. The van der Waals surface area contributed by atoms with Crippen LogP contribution in [0.2, 0.25) is 0 Å². The quantitative estimate of drug-likeness (QED) is 0.808. The maximum atomic E-state index is 5.85. The highest BCUT2D eigenvalue weighted by atomic mass is 16.5.